The van der Waals surface area contributed by atoms with Crippen molar-refractivity contribution in [2.24, 2.45) is 5.73 Å². The van der Waals surface area contributed by atoms with Crippen molar-refractivity contribution < 1.29 is 14.3 Å². The molecule has 0 aliphatic heterocycles. The Morgan fingerprint density at radius 2 is 1.96 bits per heavy atom. The summed E-state index contributed by atoms with van der Waals surface area (Å²) in [4.78, 5) is 20.2. The molecule has 130 valence electrons. The van der Waals surface area contributed by atoms with Gasteiger partial charge in [-0.15, -0.1) is 0 Å². The van der Waals surface area contributed by atoms with Crippen LogP contribution >= 0.6 is 11.3 Å². The van der Waals surface area contributed by atoms with E-state index in [2.05, 4.69) is 9.97 Å². The molecule has 0 spiro atoms. The second kappa shape index (κ2) is 6.16. The quantitative estimate of drug-likeness (QED) is 0.573. The van der Waals surface area contributed by atoms with E-state index in [1.165, 1.54) is 18.4 Å². The Labute approximate surface area is 152 Å². The number of nitrogen functional groups attached to an aromatic ring is 1. The van der Waals surface area contributed by atoms with Crippen LogP contribution in [0.4, 0.5) is 5.13 Å². The average molecular weight is 366 g/mol. The minimum absolute atomic E-state index is 0.267. The van der Waals surface area contributed by atoms with Gasteiger partial charge >= 0.3 is 0 Å². The van der Waals surface area contributed by atoms with E-state index in [9.17, 15) is 4.79 Å². The number of methoxy groups -OCH3 is 1. The van der Waals surface area contributed by atoms with Crippen LogP contribution in [0.1, 0.15) is 10.4 Å². The molecule has 4 aromatic rings. The van der Waals surface area contributed by atoms with Crippen molar-refractivity contribution in [1.82, 2.24) is 9.97 Å². The number of carbonyl (C=O) groups is 1. The van der Waals surface area contributed by atoms with Gasteiger partial charge in [-0.3, -0.25) is 9.78 Å². The molecule has 8 heteroatoms. The van der Waals surface area contributed by atoms with E-state index in [1.54, 1.807) is 24.4 Å². The molecule has 0 fully saturated rings. The van der Waals surface area contributed by atoms with Crippen molar-refractivity contribution in [3.63, 3.8) is 0 Å². The van der Waals surface area contributed by atoms with Crippen LogP contribution in [0.15, 0.2) is 42.6 Å². The predicted molar refractivity (Wildman–Crippen MR) is 101 cm³/mol. The summed E-state index contributed by atoms with van der Waals surface area (Å²) in [6.45, 7) is 0. The number of hydrogen-bond acceptors (Lipinski definition) is 7. The molecule has 0 saturated heterocycles. The Hall–Kier alpha value is -3.39. The Morgan fingerprint density at radius 3 is 2.73 bits per heavy atom. The molecule has 2 aromatic carbocycles. The summed E-state index contributed by atoms with van der Waals surface area (Å²) >= 11 is 1.39. The zero-order chi connectivity index (χ0) is 18.3. The van der Waals surface area contributed by atoms with Gasteiger partial charge in [0.05, 0.1) is 28.4 Å². The van der Waals surface area contributed by atoms with Gasteiger partial charge in [-0.25, -0.2) is 4.98 Å². The van der Waals surface area contributed by atoms with Crippen molar-refractivity contribution >= 4 is 43.5 Å². The van der Waals surface area contributed by atoms with E-state index in [0.717, 1.165) is 10.2 Å². The third-order valence-electron chi connectivity index (χ3n) is 3.89. The lowest BCUT2D eigenvalue weighted by Gasteiger charge is -2.11. The third-order valence-corrected chi connectivity index (χ3v) is 4.74. The number of rotatable bonds is 4. The number of hydrogen-bond donors (Lipinski definition) is 2. The van der Waals surface area contributed by atoms with Gasteiger partial charge in [0.2, 0.25) is 0 Å². The Bertz CT molecular complexity index is 1160. The zero-order valence-electron chi connectivity index (χ0n) is 13.7. The number of nitrogens with two attached hydrogens (primary N) is 2. The van der Waals surface area contributed by atoms with E-state index in [4.69, 9.17) is 20.9 Å². The zero-order valence-corrected chi connectivity index (χ0v) is 14.5. The van der Waals surface area contributed by atoms with Crippen molar-refractivity contribution in [2.45, 2.75) is 0 Å². The van der Waals surface area contributed by atoms with Crippen molar-refractivity contribution in [2.75, 3.05) is 12.8 Å². The first-order chi connectivity index (χ1) is 12.5. The van der Waals surface area contributed by atoms with Gasteiger partial charge in [0, 0.05) is 23.7 Å². The number of pyridine rings is 1. The molecule has 0 atom stereocenters. The summed E-state index contributed by atoms with van der Waals surface area (Å²) < 4.78 is 12.2. The van der Waals surface area contributed by atoms with Gasteiger partial charge in [-0.1, -0.05) is 11.3 Å². The second-order valence-electron chi connectivity index (χ2n) is 5.53. The number of benzene rings is 2. The average Bonchev–Trinajstić information content (AvgIpc) is 3.00. The lowest BCUT2D eigenvalue weighted by Crippen LogP contribution is -2.12. The highest BCUT2D eigenvalue weighted by Gasteiger charge is 2.14. The van der Waals surface area contributed by atoms with Gasteiger partial charge in [-0.2, -0.15) is 0 Å². The number of nitrogens with zero attached hydrogens (tertiary/aromatic N) is 2. The standard InChI is InChI=1S/C18H14N4O3S/c1-24-15-8-13-10(7-11(15)17(19)23)14(4-5-21-13)25-9-2-3-12-16(6-9)26-18(20)22-12/h2-8H,1H3,(H2,19,23)(H2,20,22). The monoisotopic (exact) mass is 366 g/mol. The highest BCUT2D eigenvalue weighted by molar-refractivity contribution is 7.22. The molecule has 4 rings (SSSR count). The number of ether oxygens (including phenoxy) is 2. The van der Waals surface area contributed by atoms with Gasteiger partial charge in [-0.05, 0) is 24.3 Å². The first kappa shape index (κ1) is 16.1. The Kier molecular flexibility index (Phi) is 3.81. The van der Waals surface area contributed by atoms with Crippen molar-refractivity contribution in [3.05, 3.63) is 48.2 Å². The van der Waals surface area contributed by atoms with Crippen LogP contribution in [0.2, 0.25) is 0 Å². The maximum Gasteiger partial charge on any atom is 0.252 e. The van der Waals surface area contributed by atoms with Gasteiger partial charge < -0.3 is 20.9 Å². The minimum atomic E-state index is -0.583. The SMILES string of the molecule is COc1cc2nccc(Oc3ccc4nc(N)sc4c3)c2cc1C(N)=O. The molecule has 0 saturated carbocycles. The normalized spacial score (nSPS) is 11.0. The minimum Gasteiger partial charge on any atom is -0.496 e. The number of aromatic nitrogens is 2. The number of thiazole rings is 1. The molecule has 2 heterocycles. The summed E-state index contributed by atoms with van der Waals surface area (Å²) in [5, 5.41) is 1.16. The second-order valence-corrected chi connectivity index (χ2v) is 6.59. The third kappa shape index (κ3) is 2.76. The highest BCUT2D eigenvalue weighted by atomic mass is 32.1. The van der Waals surface area contributed by atoms with E-state index >= 15 is 0 Å². The number of fused-ring (bicyclic) bond motifs is 2. The lowest BCUT2D eigenvalue weighted by atomic mass is 10.1. The van der Waals surface area contributed by atoms with Gasteiger partial charge in [0.25, 0.3) is 5.91 Å². The predicted octanol–water partition coefficient (Wildman–Crippen LogP) is 3.33. The van der Waals surface area contributed by atoms with Gasteiger partial charge in [0.15, 0.2) is 5.13 Å². The molecule has 26 heavy (non-hydrogen) atoms. The largest absolute Gasteiger partial charge is 0.496 e. The van der Waals surface area contributed by atoms with Crippen molar-refractivity contribution in [3.8, 4) is 17.2 Å². The van der Waals surface area contributed by atoms with Crippen LogP contribution in [-0.2, 0) is 0 Å². The molecule has 0 aliphatic carbocycles. The Morgan fingerprint density at radius 1 is 1.12 bits per heavy atom. The highest BCUT2D eigenvalue weighted by Crippen LogP contribution is 2.35. The topological polar surface area (TPSA) is 113 Å². The van der Waals surface area contributed by atoms with E-state index in [1.807, 2.05) is 18.2 Å². The fourth-order valence-corrected chi connectivity index (χ4v) is 3.47. The molecule has 0 radical (unpaired) electrons. The summed E-state index contributed by atoms with van der Waals surface area (Å²) in [5.41, 5.74) is 12.9. The first-order valence-electron chi connectivity index (χ1n) is 7.65. The molecule has 0 unspecified atom stereocenters. The smallest absolute Gasteiger partial charge is 0.252 e. The van der Waals surface area contributed by atoms with Crippen LogP contribution in [0.25, 0.3) is 21.1 Å². The van der Waals surface area contributed by atoms with Crippen LogP contribution in [0, 0.1) is 0 Å². The summed E-state index contributed by atoms with van der Waals surface area (Å²) in [6, 6.07) is 10.5. The fourth-order valence-electron chi connectivity index (χ4n) is 2.71. The summed E-state index contributed by atoms with van der Waals surface area (Å²) in [5.74, 6) is 0.971. The maximum absolute atomic E-state index is 11.7. The Balaban J connectivity index is 1.81. The number of primary amides is 1. The molecular formula is C18H14N4O3S. The first-order valence-corrected chi connectivity index (χ1v) is 8.47. The molecule has 1 amide bonds. The number of amides is 1. The van der Waals surface area contributed by atoms with Crippen LogP contribution < -0.4 is 20.9 Å². The summed E-state index contributed by atoms with van der Waals surface area (Å²) in [7, 11) is 1.48. The van der Waals surface area contributed by atoms with Gasteiger partial charge in [0.1, 0.15) is 17.2 Å². The molecule has 0 aliphatic rings. The van der Waals surface area contributed by atoms with E-state index in [0.29, 0.717) is 33.3 Å². The number of anilines is 1. The van der Waals surface area contributed by atoms with E-state index in [-0.39, 0.29) is 5.56 Å². The number of carbonyl (C=O) groups excluding carboxylic acids is 1. The molecule has 7 nitrogen and oxygen atoms in total. The molecule has 4 N–H and O–H groups in total. The van der Waals surface area contributed by atoms with Crippen molar-refractivity contribution in [1.29, 1.82) is 0 Å². The maximum atomic E-state index is 11.7. The molecular weight excluding hydrogens is 352 g/mol. The van der Waals surface area contributed by atoms with Crippen LogP contribution in [-0.4, -0.2) is 23.0 Å². The lowest BCUT2D eigenvalue weighted by molar-refractivity contribution is 0.0997. The van der Waals surface area contributed by atoms with Crippen LogP contribution in [0.5, 0.6) is 17.2 Å². The van der Waals surface area contributed by atoms with Crippen LogP contribution in [0.3, 0.4) is 0 Å². The fraction of sp³-hybridized carbons (Fsp3) is 0.0556. The van der Waals surface area contributed by atoms with E-state index < -0.39 is 5.91 Å². The summed E-state index contributed by atoms with van der Waals surface area (Å²) in [6.07, 6.45) is 1.63. The molecule has 0 bridgehead atoms. The molecule has 2 aromatic heterocycles.